The molecule has 0 bridgehead atoms. The van der Waals surface area contributed by atoms with E-state index in [0.717, 1.165) is 25.6 Å². The maximum atomic E-state index is 13.7. The van der Waals surface area contributed by atoms with E-state index < -0.39 is 21.8 Å². The summed E-state index contributed by atoms with van der Waals surface area (Å²) in [6.45, 7) is 1.58. The fraction of sp³-hybridized carbons (Fsp3) is 0.368. The van der Waals surface area contributed by atoms with E-state index in [-0.39, 0.29) is 28.1 Å². The number of nitrogens with zero attached hydrogens (tertiary/aromatic N) is 2. The number of benzene rings is 1. The summed E-state index contributed by atoms with van der Waals surface area (Å²) in [6.07, 6.45) is -0.670. The van der Waals surface area contributed by atoms with Crippen LogP contribution in [0.15, 0.2) is 35.5 Å². The van der Waals surface area contributed by atoms with E-state index in [2.05, 4.69) is 30.3 Å². The van der Waals surface area contributed by atoms with E-state index in [1.807, 2.05) is 0 Å². The number of H-pyrrole nitrogens is 1. The van der Waals surface area contributed by atoms with Crippen molar-refractivity contribution in [3.05, 3.63) is 36.2 Å². The maximum Gasteiger partial charge on any atom is 0.419 e. The Bertz CT molecular complexity index is 1200. The van der Waals surface area contributed by atoms with Crippen molar-refractivity contribution in [2.75, 3.05) is 25.5 Å². The molecule has 0 aliphatic carbocycles. The minimum atomic E-state index is -4.65. The Morgan fingerprint density at radius 3 is 2.74 bits per heavy atom. The molecule has 1 atom stereocenters. The van der Waals surface area contributed by atoms with Crippen molar-refractivity contribution in [3.63, 3.8) is 0 Å². The zero-order valence-electron chi connectivity index (χ0n) is 16.5. The minimum absolute atomic E-state index is 0.00165. The van der Waals surface area contributed by atoms with Gasteiger partial charge in [-0.25, -0.2) is 23.1 Å². The van der Waals surface area contributed by atoms with E-state index in [1.165, 1.54) is 31.4 Å². The molecule has 31 heavy (non-hydrogen) atoms. The highest BCUT2D eigenvalue weighted by atomic mass is 32.2. The van der Waals surface area contributed by atoms with Crippen molar-refractivity contribution >= 4 is 26.9 Å². The Hall–Kier alpha value is -2.70. The lowest BCUT2D eigenvalue weighted by Crippen LogP contribution is -2.38. The third-order valence-corrected chi connectivity index (χ3v) is 6.62. The van der Waals surface area contributed by atoms with Crippen LogP contribution in [0, 0.1) is 0 Å². The monoisotopic (exact) mass is 454 g/mol. The third kappa shape index (κ3) is 4.36. The van der Waals surface area contributed by atoms with Crippen LogP contribution in [0.4, 0.5) is 19.1 Å². The van der Waals surface area contributed by atoms with Crippen molar-refractivity contribution in [2.24, 2.45) is 0 Å². The van der Waals surface area contributed by atoms with Crippen LogP contribution in [-0.2, 0) is 16.2 Å². The molecule has 2 aromatic heterocycles. The predicted molar refractivity (Wildman–Crippen MR) is 110 cm³/mol. The lowest BCUT2D eigenvalue weighted by molar-refractivity contribution is -0.137. The molecule has 3 aromatic rings. The maximum absolute atomic E-state index is 13.7. The number of hydrogen-bond donors (Lipinski definition) is 4. The molecule has 1 aliphatic rings. The molecule has 8 nitrogen and oxygen atoms in total. The van der Waals surface area contributed by atoms with E-state index >= 15 is 0 Å². The number of halogens is 3. The van der Waals surface area contributed by atoms with Crippen LogP contribution < -0.4 is 15.4 Å². The quantitative estimate of drug-likeness (QED) is 0.472. The van der Waals surface area contributed by atoms with Gasteiger partial charge >= 0.3 is 6.18 Å². The summed E-state index contributed by atoms with van der Waals surface area (Å²) in [5.41, 5.74) is -0.649. The molecule has 1 aliphatic heterocycles. The van der Waals surface area contributed by atoms with Gasteiger partial charge in [-0.2, -0.15) is 13.2 Å². The molecule has 4 N–H and O–H groups in total. The minimum Gasteiger partial charge on any atom is -0.360 e. The highest BCUT2D eigenvalue weighted by molar-refractivity contribution is 7.89. The average Bonchev–Trinajstić information content (AvgIpc) is 3.17. The summed E-state index contributed by atoms with van der Waals surface area (Å²) in [6, 6.07) is 4.19. The van der Waals surface area contributed by atoms with Gasteiger partial charge in [0.1, 0.15) is 5.56 Å². The number of fused-ring (bicyclic) bond motifs is 1. The van der Waals surface area contributed by atoms with Crippen LogP contribution in [-0.4, -0.2) is 49.5 Å². The van der Waals surface area contributed by atoms with Gasteiger partial charge in [-0.05, 0) is 38.6 Å². The van der Waals surface area contributed by atoms with E-state index in [9.17, 15) is 21.6 Å². The van der Waals surface area contributed by atoms with Gasteiger partial charge in [0.15, 0.2) is 0 Å². The summed E-state index contributed by atoms with van der Waals surface area (Å²) in [5.74, 6) is 0.112. The first kappa shape index (κ1) is 21.5. The average molecular weight is 454 g/mol. The molecule has 3 heterocycles. The zero-order chi connectivity index (χ0) is 22.2. The Morgan fingerprint density at radius 2 is 2.06 bits per heavy atom. The van der Waals surface area contributed by atoms with E-state index in [4.69, 9.17) is 0 Å². The van der Waals surface area contributed by atoms with Crippen LogP contribution in [0.1, 0.15) is 18.4 Å². The second kappa shape index (κ2) is 8.09. The number of hydrogen-bond acceptors (Lipinski definition) is 6. The SMILES string of the molecule is CNS(=O)(=O)c1ccc2c(-c3nc(N[C@H]4CCCNC4)ncc3C(F)(F)F)c[nH]c2c1. The highest BCUT2D eigenvalue weighted by Crippen LogP contribution is 2.39. The highest BCUT2D eigenvalue weighted by Gasteiger charge is 2.36. The summed E-state index contributed by atoms with van der Waals surface area (Å²) < 4.78 is 67.3. The normalized spacial score (nSPS) is 17.7. The van der Waals surface area contributed by atoms with E-state index in [0.29, 0.717) is 17.4 Å². The summed E-state index contributed by atoms with van der Waals surface area (Å²) in [7, 11) is -2.41. The van der Waals surface area contributed by atoms with E-state index in [1.54, 1.807) is 0 Å². The van der Waals surface area contributed by atoms with Gasteiger partial charge in [0.25, 0.3) is 0 Å². The molecule has 1 fully saturated rings. The van der Waals surface area contributed by atoms with Gasteiger partial charge in [0.2, 0.25) is 16.0 Å². The molecule has 0 unspecified atom stereocenters. The lowest BCUT2D eigenvalue weighted by atomic mass is 10.1. The molecule has 0 amide bonds. The summed E-state index contributed by atoms with van der Waals surface area (Å²) >= 11 is 0. The van der Waals surface area contributed by atoms with Crippen molar-refractivity contribution in [2.45, 2.75) is 30.0 Å². The van der Waals surface area contributed by atoms with Crippen LogP contribution in [0.2, 0.25) is 0 Å². The molecule has 166 valence electrons. The van der Waals surface area contributed by atoms with Crippen molar-refractivity contribution < 1.29 is 21.6 Å². The number of anilines is 1. The number of sulfonamides is 1. The number of nitrogens with one attached hydrogen (secondary N) is 4. The standard InChI is InChI=1S/C19H21F3N6O2S/c1-23-31(29,30)12-4-5-13-14(9-25-16(13)7-12)17-15(19(20,21)22)10-26-18(28-17)27-11-3-2-6-24-8-11/h4-5,7,9-11,23-25H,2-3,6,8H2,1H3,(H,26,27,28)/t11-/m0/s1. The summed E-state index contributed by atoms with van der Waals surface area (Å²) in [5, 5.41) is 6.74. The lowest BCUT2D eigenvalue weighted by Gasteiger charge is -2.24. The predicted octanol–water partition coefficient (Wildman–Crippen LogP) is 2.72. The molecule has 1 saturated heterocycles. The Balaban J connectivity index is 1.79. The van der Waals surface area contributed by atoms with Crippen LogP contribution in [0.5, 0.6) is 0 Å². The van der Waals surface area contributed by atoms with Gasteiger partial charge in [0, 0.05) is 41.4 Å². The smallest absolute Gasteiger partial charge is 0.360 e. The second-order valence-corrected chi connectivity index (χ2v) is 9.15. The molecule has 0 spiro atoms. The van der Waals surface area contributed by atoms with Crippen molar-refractivity contribution in [1.29, 1.82) is 0 Å². The number of aromatic amines is 1. The Kier molecular flexibility index (Phi) is 5.62. The van der Waals surface area contributed by atoms with Crippen LogP contribution in [0.3, 0.4) is 0 Å². The second-order valence-electron chi connectivity index (χ2n) is 7.26. The first-order valence-electron chi connectivity index (χ1n) is 9.65. The van der Waals surface area contributed by atoms with Gasteiger partial charge in [-0.15, -0.1) is 0 Å². The zero-order valence-corrected chi connectivity index (χ0v) is 17.4. The molecule has 12 heteroatoms. The molecular formula is C19H21F3N6O2S. The molecule has 0 radical (unpaired) electrons. The topological polar surface area (TPSA) is 112 Å². The largest absolute Gasteiger partial charge is 0.419 e. The number of aromatic nitrogens is 3. The number of alkyl halides is 3. The number of piperidine rings is 1. The van der Waals surface area contributed by atoms with Crippen molar-refractivity contribution in [1.82, 2.24) is 25.0 Å². The van der Waals surface area contributed by atoms with Crippen molar-refractivity contribution in [3.8, 4) is 11.3 Å². The molecule has 4 rings (SSSR count). The fourth-order valence-corrected chi connectivity index (χ4v) is 4.36. The first-order valence-corrected chi connectivity index (χ1v) is 11.1. The van der Waals surface area contributed by atoms with Crippen LogP contribution >= 0.6 is 0 Å². The Labute approximate surface area is 176 Å². The summed E-state index contributed by atoms with van der Waals surface area (Å²) in [4.78, 5) is 10.9. The van der Waals surface area contributed by atoms with Gasteiger partial charge < -0.3 is 15.6 Å². The van der Waals surface area contributed by atoms with Gasteiger partial charge in [-0.1, -0.05) is 6.07 Å². The fourth-order valence-electron chi connectivity index (χ4n) is 3.61. The van der Waals surface area contributed by atoms with Crippen LogP contribution in [0.25, 0.3) is 22.2 Å². The molecule has 0 saturated carbocycles. The third-order valence-electron chi connectivity index (χ3n) is 5.21. The van der Waals surface area contributed by atoms with Gasteiger partial charge in [0.05, 0.1) is 10.6 Å². The molecule has 1 aromatic carbocycles. The molecular weight excluding hydrogens is 433 g/mol. The Morgan fingerprint density at radius 1 is 1.26 bits per heavy atom. The first-order chi connectivity index (χ1) is 14.7. The number of rotatable bonds is 5. The van der Waals surface area contributed by atoms with Gasteiger partial charge in [-0.3, -0.25) is 0 Å².